The summed E-state index contributed by atoms with van der Waals surface area (Å²) in [6.07, 6.45) is 0. The fourth-order valence-corrected chi connectivity index (χ4v) is 3.88. The molecule has 2 N–H and O–H groups in total. The molecule has 3 aromatic carbocycles. The van der Waals surface area contributed by atoms with E-state index >= 15 is 0 Å². The molecule has 4 aromatic rings. The van der Waals surface area contributed by atoms with Crippen molar-refractivity contribution in [3.8, 4) is 16.3 Å². The van der Waals surface area contributed by atoms with E-state index in [4.69, 9.17) is 16.3 Å². The lowest BCUT2D eigenvalue weighted by atomic mass is 10.2. The molecule has 0 spiro atoms. The van der Waals surface area contributed by atoms with Gasteiger partial charge in [-0.15, -0.1) is 11.3 Å². The van der Waals surface area contributed by atoms with E-state index in [1.807, 2.05) is 24.3 Å². The molecule has 0 aliphatic carbocycles. The number of rotatable bonds is 6. The number of benzene rings is 3. The summed E-state index contributed by atoms with van der Waals surface area (Å²) in [4.78, 5) is 29.5. The molecule has 0 aliphatic heterocycles. The van der Waals surface area contributed by atoms with E-state index in [0.717, 1.165) is 10.6 Å². The molecule has 0 saturated carbocycles. The second-order valence-corrected chi connectivity index (χ2v) is 8.03. The first kappa shape index (κ1) is 21.5. The fourth-order valence-electron chi connectivity index (χ4n) is 2.95. The van der Waals surface area contributed by atoms with Gasteiger partial charge in [0.2, 0.25) is 0 Å². The second-order valence-electron chi connectivity index (χ2n) is 6.73. The third-order valence-corrected chi connectivity index (χ3v) is 5.73. The topological polar surface area (TPSA) is 80.3 Å². The summed E-state index contributed by atoms with van der Waals surface area (Å²) in [7, 11) is 1.54. The zero-order chi connectivity index (χ0) is 22.5. The Hall–Kier alpha value is -3.68. The summed E-state index contributed by atoms with van der Waals surface area (Å²) in [5.74, 6) is -0.0295. The highest BCUT2D eigenvalue weighted by atomic mass is 35.5. The summed E-state index contributed by atoms with van der Waals surface area (Å²) >= 11 is 7.30. The molecule has 0 atom stereocenters. The molecule has 0 fully saturated rings. The van der Waals surface area contributed by atoms with E-state index in [1.54, 1.807) is 61.0 Å². The van der Waals surface area contributed by atoms with Crippen molar-refractivity contribution >= 4 is 46.1 Å². The minimum absolute atomic E-state index is 0.278. The SMILES string of the molecule is COc1ccccc1NC(=O)c1ccc(NC(=O)c2csc(-c3ccc(Cl)cc3)n2)cc1. The van der Waals surface area contributed by atoms with Crippen molar-refractivity contribution in [3.63, 3.8) is 0 Å². The predicted molar refractivity (Wildman–Crippen MR) is 128 cm³/mol. The van der Waals surface area contributed by atoms with E-state index in [9.17, 15) is 9.59 Å². The van der Waals surface area contributed by atoms with Crippen LogP contribution in [0.2, 0.25) is 5.02 Å². The van der Waals surface area contributed by atoms with Crippen LogP contribution in [0.3, 0.4) is 0 Å². The van der Waals surface area contributed by atoms with Gasteiger partial charge in [-0.2, -0.15) is 0 Å². The minimum Gasteiger partial charge on any atom is -0.495 e. The van der Waals surface area contributed by atoms with Gasteiger partial charge in [-0.3, -0.25) is 9.59 Å². The molecular weight excluding hydrogens is 446 g/mol. The Labute approximate surface area is 193 Å². The Morgan fingerprint density at radius 3 is 2.34 bits per heavy atom. The number of amides is 2. The van der Waals surface area contributed by atoms with Crippen molar-refractivity contribution in [1.82, 2.24) is 4.98 Å². The van der Waals surface area contributed by atoms with Crippen LogP contribution in [0.5, 0.6) is 5.75 Å². The summed E-state index contributed by atoms with van der Waals surface area (Å²) in [5, 5.41) is 8.69. The lowest BCUT2D eigenvalue weighted by Gasteiger charge is -2.10. The Morgan fingerprint density at radius 1 is 0.906 bits per heavy atom. The third kappa shape index (κ3) is 4.96. The standard InChI is InChI=1S/C24H18ClN3O3S/c1-31-21-5-3-2-4-19(21)27-22(29)15-8-12-18(13-9-15)26-23(30)20-14-32-24(28-20)16-6-10-17(25)11-7-16/h2-14H,1H3,(H,26,30)(H,27,29). The fraction of sp³-hybridized carbons (Fsp3) is 0.0417. The number of aromatic nitrogens is 1. The smallest absolute Gasteiger partial charge is 0.275 e. The van der Waals surface area contributed by atoms with E-state index in [2.05, 4.69) is 15.6 Å². The van der Waals surface area contributed by atoms with Crippen molar-refractivity contribution in [1.29, 1.82) is 0 Å². The molecule has 0 unspecified atom stereocenters. The van der Waals surface area contributed by atoms with Gasteiger partial charge in [-0.1, -0.05) is 35.9 Å². The zero-order valence-electron chi connectivity index (χ0n) is 17.0. The van der Waals surface area contributed by atoms with Gasteiger partial charge in [0, 0.05) is 27.2 Å². The number of thiazole rings is 1. The monoisotopic (exact) mass is 463 g/mol. The van der Waals surface area contributed by atoms with Crippen molar-refractivity contribution in [2.24, 2.45) is 0 Å². The van der Waals surface area contributed by atoms with E-state index in [0.29, 0.717) is 33.4 Å². The van der Waals surface area contributed by atoms with Crippen molar-refractivity contribution in [3.05, 3.63) is 94.5 Å². The van der Waals surface area contributed by atoms with Crippen LogP contribution in [-0.4, -0.2) is 23.9 Å². The number of carbonyl (C=O) groups is 2. The van der Waals surface area contributed by atoms with E-state index < -0.39 is 0 Å². The van der Waals surface area contributed by atoms with Gasteiger partial charge in [-0.25, -0.2) is 4.98 Å². The van der Waals surface area contributed by atoms with E-state index in [-0.39, 0.29) is 11.8 Å². The zero-order valence-corrected chi connectivity index (χ0v) is 18.5. The predicted octanol–water partition coefficient (Wildman–Crippen LogP) is 5.98. The number of nitrogens with one attached hydrogen (secondary N) is 2. The first-order chi connectivity index (χ1) is 15.5. The number of hydrogen-bond donors (Lipinski definition) is 2. The first-order valence-electron chi connectivity index (χ1n) is 9.61. The normalized spacial score (nSPS) is 10.4. The van der Waals surface area contributed by atoms with Gasteiger partial charge in [0.15, 0.2) is 0 Å². The summed E-state index contributed by atoms with van der Waals surface area (Å²) in [6.45, 7) is 0. The Morgan fingerprint density at radius 2 is 1.62 bits per heavy atom. The highest BCUT2D eigenvalue weighted by molar-refractivity contribution is 7.13. The molecule has 160 valence electrons. The van der Waals surface area contributed by atoms with Crippen molar-refractivity contribution < 1.29 is 14.3 Å². The van der Waals surface area contributed by atoms with Gasteiger partial charge in [0.25, 0.3) is 11.8 Å². The number of halogens is 1. The first-order valence-corrected chi connectivity index (χ1v) is 10.9. The summed E-state index contributed by atoms with van der Waals surface area (Å²) < 4.78 is 5.25. The molecule has 6 nitrogen and oxygen atoms in total. The van der Waals surface area contributed by atoms with Gasteiger partial charge >= 0.3 is 0 Å². The van der Waals surface area contributed by atoms with Crippen LogP contribution >= 0.6 is 22.9 Å². The minimum atomic E-state index is -0.326. The van der Waals surface area contributed by atoms with Crippen LogP contribution in [0.4, 0.5) is 11.4 Å². The number of methoxy groups -OCH3 is 1. The van der Waals surface area contributed by atoms with E-state index in [1.165, 1.54) is 11.3 Å². The maximum absolute atomic E-state index is 12.6. The second kappa shape index (κ2) is 9.64. The molecule has 4 rings (SSSR count). The number of hydrogen-bond acceptors (Lipinski definition) is 5. The van der Waals surface area contributed by atoms with Crippen LogP contribution in [0.1, 0.15) is 20.8 Å². The summed E-state index contributed by atoms with van der Waals surface area (Å²) in [6, 6.07) is 21.1. The van der Waals surface area contributed by atoms with Gasteiger partial charge in [0.05, 0.1) is 12.8 Å². The number of nitrogens with zero attached hydrogens (tertiary/aromatic N) is 1. The average Bonchev–Trinajstić information content (AvgIpc) is 3.31. The quantitative estimate of drug-likeness (QED) is 0.368. The number of para-hydroxylation sites is 2. The lowest BCUT2D eigenvalue weighted by Crippen LogP contribution is -2.14. The molecule has 0 radical (unpaired) electrons. The van der Waals surface area contributed by atoms with Gasteiger partial charge in [0.1, 0.15) is 16.5 Å². The average molecular weight is 464 g/mol. The Bertz CT molecular complexity index is 1250. The maximum Gasteiger partial charge on any atom is 0.275 e. The molecule has 0 saturated heterocycles. The van der Waals surface area contributed by atoms with Crippen molar-refractivity contribution in [2.45, 2.75) is 0 Å². The molecule has 8 heteroatoms. The summed E-state index contributed by atoms with van der Waals surface area (Å²) in [5.41, 5.74) is 2.80. The van der Waals surface area contributed by atoms with Crippen LogP contribution < -0.4 is 15.4 Å². The lowest BCUT2D eigenvalue weighted by molar-refractivity contribution is 0.101. The van der Waals surface area contributed by atoms with Gasteiger partial charge in [-0.05, 0) is 48.5 Å². The largest absolute Gasteiger partial charge is 0.495 e. The van der Waals surface area contributed by atoms with Crippen LogP contribution in [0.25, 0.3) is 10.6 Å². The van der Waals surface area contributed by atoms with Crippen LogP contribution in [0, 0.1) is 0 Å². The maximum atomic E-state index is 12.6. The Kier molecular flexibility index (Phi) is 6.49. The van der Waals surface area contributed by atoms with Crippen LogP contribution in [0.15, 0.2) is 78.2 Å². The molecule has 0 aliphatic rings. The van der Waals surface area contributed by atoms with Gasteiger partial charge < -0.3 is 15.4 Å². The van der Waals surface area contributed by atoms with Crippen molar-refractivity contribution in [2.75, 3.05) is 17.7 Å². The number of ether oxygens (including phenoxy) is 1. The van der Waals surface area contributed by atoms with Crippen LogP contribution in [-0.2, 0) is 0 Å². The molecular formula is C24H18ClN3O3S. The molecule has 1 aromatic heterocycles. The highest BCUT2D eigenvalue weighted by Crippen LogP contribution is 2.26. The molecule has 32 heavy (non-hydrogen) atoms. The number of anilines is 2. The molecule has 0 bridgehead atoms. The molecule has 1 heterocycles. The third-order valence-electron chi connectivity index (χ3n) is 4.59. The highest BCUT2D eigenvalue weighted by Gasteiger charge is 2.13. The Balaban J connectivity index is 1.41. The number of carbonyl (C=O) groups excluding carboxylic acids is 2. The molecule has 2 amide bonds.